The summed E-state index contributed by atoms with van der Waals surface area (Å²) in [4.78, 5) is 15.8. The normalized spacial score (nSPS) is 12.4. The molecule has 1 unspecified atom stereocenters. The van der Waals surface area contributed by atoms with Gasteiger partial charge in [-0.15, -0.1) is 5.10 Å². The van der Waals surface area contributed by atoms with Crippen molar-refractivity contribution < 1.29 is 4.79 Å². The minimum absolute atomic E-state index is 0.186. The zero-order valence-corrected chi connectivity index (χ0v) is 10.7. The summed E-state index contributed by atoms with van der Waals surface area (Å²) in [5, 5.41) is 9.53. The lowest BCUT2D eigenvalue weighted by Gasteiger charge is -2.13. The summed E-state index contributed by atoms with van der Waals surface area (Å²) in [6.07, 6.45) is 3.69. The average Bonchev–Trinajstić information content (AvgIpc) is 2.76. The fourth-order valence-corrected chi connectivity index (χ4v) is 1.99. The molecule has 1 heterocycles. The highest BCUT2D eigenvalue weighted by atomic mass is 32.2. The fraction of sp³-hybridized carbons (Fsp3) is 0.700. The lowest BCUT2D eigenvalue weighted by atomic mass is 10.2. The predicted octanol–water partition coefficient (Wildman–Crippen LogP) is 1.24. The Morgan fingerprint density at radius 2 is 2.31 bits per heavy atom. The van der Waals surface area contributed by atoms with Gasteiger partial charge < -0.3 is 5.32 Å². The van der Waals surface area contributed by atoms with Gasteiger partial charge in [0.05, 0.1) is 0 Å². The Hall–Kier alpha value is -1.04. The van der Waals surface area contributed by atoms with Gasteiger partial charge in [-0.2, -0.15) is 11.8 Å². The first-order valence-corrected chi connectivity index (χ1v) is 6.81. The molecule has 1 aromatic heterocycles. The second kappa shape index (κ2) is 6.52. The first-order valence-electron chi connectivity index (χ1n) is 5.42. The predicted molar refractivity (Wildman–Crippen MR) is 65.7 cm³/mol. The molecular weight excluding hydrogens is 224 g/mol. The lowest BCUT2D eigenvalue weighted by molar-refractivity contribution is 0.0930. The van der Waals surface area contributed by atoms with Gasteiger partial charge in [0, 0.05) is 18.2 Å². The number of aromatic amines is 1. The Kier molecular flexibility index (Phi) is 5.31. The van der Waals surface area contributed by atoms with Crippen LogP contribution in [0.25, 0.3) is 0 Å². The van der Waals surface area contributed by atoms with E-state index >= 15 is 0 Å². The van der Waals surface area contributed by atoms with E-state index in [4.69, 9.17) is 0 Å². The second-order valence-corrected chi connectivity index (χ2v) is 4.40. The van der Waals surface area contributed by atoms with Gasteiger partial charge in [-0.25, -0.2) is 4.98 Å². The minimum atomic E-state index is -0.197. The van der Waals surface area contributed by atoms with Crippen LogP contribution in [-0.2, 0) is 6.42 Å². The number of nitrogens with one attached hydrogen (secondary N) is 2. The molecule has 6 heteroatoms. The number of H-pyrrole nitrogens is 1. The number of hydrogen-bond donors (Lipinski definition) is 2. The molecule has 0 saturated carbocycles. The third-order valence-corrected chi connectivity index (χ3v) is 3.00. The van der Waals surface area contributed by atoms with Crippen LogP contribution in [0, 0.1) is 0 Å². The van der Waals surface area contributed by atoms with Gasteiger partial charge in [0.15, 0.2) is 0 Å². The Balaban J connectivity index is 2.56. The van der Waals surface area contributed by atoms with Gasteiger partial charge in [0.25, 0.3) is 5.91 Å². The Morgan fingerprint density at radius 3 is 2.81 bits per heavy atom. The van der Waals surface area contributed by atoms with E-state index in [1.54, 1.807) is 11.8 Å². The number of amides is 1. The van der Waals surface area contributed by atoms with E-state index in [9.17, 15) is 4.79 Å². The molecule has 90 valence electrons. The molecule has 0 fully saturated rings. The number of nitrogens with zero attached hydrogens (tertiary/aromatic N) is 2. The molecule has 0 aromatic carbocycles. The first-order chi connectivity index (χ1) is 7.71. The molecule has 0 spiro atoms. The Bertz CT molecular complexity index is 339. The maximum atomic E-state index is 11.8. The summed E-state index contributed by atoms with van der Waals surface area (Å²) in [5.74, 6) is 1.68. The molecule has 5 nitrogen and oxygen atoms in total. The molecule has 2 N–H and O–H groups in total. The van der Waals surface area contributed by atoms with E-state index in [1.165, 1.54) is 0 Å². The zero-order chi connectivity index (χ0) is 12.0. The number of carbonyl (C=O) groups excluding carboxylic acids is 1. The van der Waals surface area contributed by atoms with Gasteiger partial charge in [-0.05, 0) is 12.7 Å². The monoisotopic (exact) mass is 242 g/mol. The van der Waals surface area contributed by atoms with Gasteiger partial charge in [0.1, 0.15) is 5.82 Å². The molecule has 0 aliphatic carbocycles. The number of aromatic nitrogens is 3. The average molecular weight is 242 g/mol. The van der Waals surface area contributed by atoms with Crippen LogP contribution in [0.3, 0.4) is 0 Å². The molecular formula is C10H18N4OS. The van der Waals surface area contributed by atoms with E-state index in [0.717, 1.165) is 24.4 Å². The summed E-state index contributed by atoms with van der Waals surface area (Å²) < 4.78 is 0. The molecule has 16 heavy (non-hydrogen) atoms. The van der Waals surface area contributed by atoms with Crippen molar-refractivity contribution in [2.45, 2.75) is 32.7 Å². The van der Waals surface area contributed by atoms with Crippen LogP contribution in [0.5, 0.6) is 0 Å². The molecule has 0 aliphatic heterocycles. The smallest absolute Gasteiger partial charge is 0.291 e. The van der Waals surface area contributed by atoms with Crippen molar-refractivity contribution in [3.05, 3.63) is 11.6 Å². The van der Waals surface area contributed by atoms with E-state index in [-0.39, 0.29) is 17.8 Å². The molecule has 0 aliphatic rings. The van der Waals surface area contributed by atoms with Gasteiger partial charge in [-0.1, -0.05) is 13.8 Å². The lowest BCUT2D eigenvalue weighted by Crippen LogP contribution is -2.36. The van der Waals surface area contributed by atoms with Crippen LogP contribution < -0.4 is 5.32 Å². The van der Waals surface area contributed by atoms with Crippen molar-refractivity contribution in [3.63, 3.8) is 0 Å². The summed E-state index contributed by atoms with van der Waals surface area (Å²) in [5.41, 5.74) is 0. The van der Waals surface area contributed by atoms with E-state index in [1.807, 2.05) is 13.2 Å². The Morgan fingerprint density at radius 1 is 1.56 bits per heavy atom. The molecule has 0 radical (unpaired) electrons. The molecule has 0 saturated heterocycles. The van der Waals surface area contributed by atoms with Crippen LogP contribution in [0.4, 0.5) is 0 Å². The van der Waals surface area contributed by atoms with Crippen molar-refractivity contribution in [1.82, 2.24) is 20.5 Å². The maximum Gasteiger partial charge on any atom is 0.291 e. The van der Waals surface area contributed by atoms with Gasteiger partial charge in [0.2, 0.25) is 5.82 Å². The summed E-state index contributed by atoms with van der Waals surface area (Å²) >= 11 is 1.72. The van der Waals surface area contributed by atoms with Crippen LogP contribution in [0.2, 0.25) is 0 Å². The van der Waals surface area contributed by atoms with Gasteiger partial charge in [-0.3, -0.25) is 9.89 Å². The highest BCUT2D eigenvalue weighted by Crippen LogP contribution is 2.02. The summed E-state index contributed by atoms with van der Waals surface area (Å²) in [7, 11) is 0. The standard InChI is InChI=1S/C10H18N4OS/c1-4-7(6-16-3)11-10(15)9-12-8(5-2)13-14-9/h7H,4-6H2,1-3H3,(H,11,15)(H,12,13,14). The van der Waals surface area contributed by atoms with Crippen LogP contribution >= 0.6 is 11.8 Å². The van der Waals surface area contributed by atoms with Crippen molar-refractivity contribution in [2.24, 2.45) is 0 Å². The van der Waals surface area contributed by atoms with E-state index in [0.29, 0.717) is 0 Å². The largest absolute Gasteiger partial charge is 0.346 e. The zero-order valence-electron chi connectivity index (χ0n) is 9.91. The second-order valence-electron chi connectivity index (χ2n) is 3.49. The number of carbonyl (C=O) groups is 1. The van der Waals surface area contributed by atoms with Crippen molar-refractivity contribution >= 4 is 17.7 Å². The number of thioether (sulfide) groups is 1. The van der Waals surface area contributed by atoms with Crippen molar-refractivity contribution in [1.29, 1.82) is 0 Å². The summed E-state index contributed by atoms with van der Waals surface area (Å²) in [6.45, 7) is 4.02. The van der Waals surface area contributed by atoms with Crippen LogP contribution in [0.1, 0.15) is 36.7 Å². The number of hydrogen-bond acceptors (Lipinski definition) is 4. The van der Waals surface area contributed by atoms with Crippen LogP contribution in [-0.4, -0.2) is 39.1 Å². The van der Waals surface area contributed by atoms with Crippen LogP contribution in [0.15, 0.2) is 0 Å². The van der Waals surface area contributed by atoms with E-state index < -0.39 is 0 Å². The minimum Gasteiger partial charge on any atom is -0.346 e. The molecule has 0 bridgehead atoms. The highest BCUT2D eigenvalue weighted by Gasteiger charge is 2.15. The third kappa shape index (κ3) is 3.52. The number of rotatable bonds is 6. The number of aryl methyl sites for hydroxylation is 1. The first kappa shape index (κ1) is 13.0. The molecule has 1 rings (SSSR count). The van der Waals surface area contributed by atoms with Crippen molar-refractivity contribution in [3.8, 4) is 0 Å². The molecule has 1 amide bonds. The Labute approximate surface area is 99.8 Å². The topological polar surface area (TPSA) is 70.7 Å². The molecule has 1 atom stereocenters. The van der Waals surface area contributed by atoms with E-state index in [2.05, 4.69) is 27.4 Å². The fourth-order valence-electron chi connectivity index (χ4n) is 1.27. The maximum absolute atomic E-state index is 11.8. The quantitative estimate of drug-likeness (QED) is 0.787. The van der Waals surface area contributed by atoms with Gasteiger partial charge >= 0.3 is 0 Å². The SMILES string of the molecule is CCc1nc(C(=O)NC(CC)CSC)n[nH]1. The summed E-state index contributed by atoms with van der Waals surface area (Å²) in [6, 6.07) is 0.186. The van der Waals surface area contributed by atoms with Crippen molar-refractivity contribution in [2.75, 3.05) is 12.0 Å². The molecule has 1 aromatic rings. The highest BCUT2D eigenvalue weighted by molar-refractivity contribution is 7.98. The third-order valence-electron chi connectivity index (χ3n) is 2.27.